The van der Waals surface area contributed by atoms with Crippen LogP contribution in [0.15, 0.2) is 61.6 Å². The van der Waals surface area contributed by atoms with E-state index in [1.54, 1.807) is 43.3 Å². The zero-order valence-electron chi connectivity index (χ0n) is 22.7. The van der Waals surface area contributed by atoms with Gasteiger partial charge >= 0.3 is 0 Å². The summed E-state index contributed by atoms with van der Waals surface area (Å²) in [7, 11) is -2.30. The van der Waals surface area contributed by atoms with E-state index in [0.717, 1.165) is 16.7 Å². The topological polar surface area (TPSA) is 122 Å². The van der Waals surface area contributed by atoms with Gasteiger partial charge in [-0.3, -0.25) is 9.55 Å². The van der Waals surface area contributed by atoms with Gasteiger partial charge in [-0.15, -0.1) is 16.8 Å². The molecule has 10 nitrogen and oxygen atoms in total. The molecule has 0 aliphatic rings. The van der Waals surface area contributed by atoms with Crippen molar-refractivity contribution in [2.24, 2.45) is 0 Å². The summed E-state index contributed by atoms with van der Waals surface area (Å²) in [5, 5.41) is 7.73. The molecule has 0 N–H and O–H groups in total. The second kappa shape index (κ2) is 11.8. The van der Waals surface area contributed by atoms with Crippen LogP contribution in [0.1, 0.15) is 41.4 Å². The van der Waals surface area contributed by atoms with E-state index < -0.39 is 26.9 Å². The lowest BCUT2D eigenvalue weighted by Gasteiger charge is -2.23. The number of methoxy groups -OCH3 is 1. The summed E-state index contributed by atoms with van der Waals surface area (Å²) in [5.41, 5.74) is 3.89. The second-order valence-corrected chi connectivity index (χ2v) is 11.7. The lowest BCUT2D eigenvalue weighted by Crippen LogP contribution is -2.31. The van der Waals surface area contributed by atoms with Crippen LogP contribution in [0.3, 0.4) is 0 Å². The summed E-state index contributed by atoms with van der Waals surface area (Å²) in [5.74, 6) is 1.05. The molecule has 0 amide bonds. The van der Waals surface area contributed by atoms with Crippen molar-refractivity contribution in [2.75, 3.05) is 13.7 Å². The Labute approximate surface area is 228 Å². The highest BCUT2D eigenvalue weighted by atomic mass is 32.2. The summed E-state index contributed by atoms with van der Waals surface area (Å²) in [6, 6.07) is 9.35. The van der Waals surface area contributed by atoms with Gasteiger partial charge in [-0.1, -0.05) is 18.2 Å². The van der Waals surface area contributed by atoms with Gasteiger partial charge in [-0.2, -0.15) is 0 Å². The number of aromatic nitrogens is 6. The molecular weight excluding hydrogens is 516 g/mol. The third-order valence-electron chi connectivity index (χ3n) is 6.29. The summed E-state index contributed by atoms with van der Waals surface area (Å²) in [6.45, 7) is 11.1. The molecule has 0 aliphatic heterocycles. The van der Waals surface area contributed by atoms with E-state index in [0.29, 0.717) is 23.0 Å². The fourth-order valence-electron chi connectivity index (χ4n) is 4.19. The van der Waals surface area contributed by atoms with Crippen molar-refractivity contribution in [2.45, 2.75) is 44.8 Å². The van der Waals surface area contributed by atoms with E-state index in [1.807, 2.05) is 51.1 Å². The SMILES string of the molecule is C=CCO[C@@H](c1ncc(C)cn1)[C@@H](C)S(=O)(=O)Cc1nnc(-c2cc(C)ccn2)n1-c1c(C)cccc1OC. The summed E-state index contributed by atoms with van der Waals surface area (Å²) in [4.78, 5) is 13.1. The lowest BCUT2D eigenvalue weighted by molar-refractivity contribution is 0.0669. The molecule has 3 aromatic heterocycles. The monoisotopic (exact) mass is 548 g/mol. The number of nitrogens with zero attached hydrogens (tertiary/aromatic N) is 6. The minimum absolute atomic E-state index is 0.140. The largest absolute Gasteiger partial charge is 0.495 e. The van der Waals surface area contributed by atoms with Gasteiger partial charge in [0.05, 0.1) is 24.7 Å². The number of pyridine rings is 1. The average molecular weight is 549 g/mol. The minimum atomic E-state index is -3.87. The van der Waals surface area contributed by atoms with Crippen molar-refractivity contribution in [1.29, 1.82) is 0 Å². The molecule has 39 heavy (non-hydrogen) atoms. The van der Waals surface area contributed by atoms with E-state index >= 15 is 0 Å². The molecule has 0 saturated heterocycles. The Balaban J connectivity index is 1.82. The first-order valence-electron chi connectivity index (χ1n) is 12.4. The van der Waals surface area contributed by atoms with Crippen LogP contribution in [0.25, 0.3) is 17.2 Å². The van der Waals surface area contributed by atoms with Crippen LogP contribution in [-0.4, -0.2) is 57.1 Å². The smallest absolute Gasteiger partial charge is 0.187 e. The van der Waals surface area contributed by atoms with Crippen LogP contribution in [0.4, 0.5) is 0 Å². The molecule has 0 bridgehead atoms. The maximum absolute atomic E-state index is 13.9. The highest BCUT2D eigenvalue weighted by molar-refractivity contribution is 7.91. The van der Waals surface area contributed by atoms with E-state index in [9.17, 15) is 8.42 Å². The Kier molecular flexibility index (Phi) is 8.51. The third kappa shape index (κ3) is 6.04. The number of hydrogen-bond donors (Lipinski definition) is 0. The van der Waals surface area contributed by atoms with Crippen molar-refractivity contribution in [1.82, 2.24) is 29.7 Å². The fraction of sp³-hybridized carbons (Fsp3) is 0.321. The Bertz CT molecular complexity index is 1570. The standard InChI is InChI=1S/C28H32N6O4S/c1-7-13-38-26(27-30-15-19(3)16-31-27)21(5)39(35,36)17-24-32-33-28(22-14-18(2)11-12-29-22)34(24)25-20(4)9-8-10-23(25)37-6/h7-12,14-16,21,26H,1,13,17H2,2-6H3/t21-,26-/m1/s1. The predicted octanol–water partition coefficient (Wildman–Crippen LogP) is 4.30. The Morgan fingerprint density at radius 3 is 2.46 bits per heavy atom. The summed E-state index contributed by atoms with van der Waals surface area (Å²) in [6.07, 6.45) is 5.60. The van der Waals surface area contributed by atoms with Gasteiger partial charge in [0.2, 0.25) is 0 Å². The predicted molar refractivity (Wildman–Crippen MR) is 148 cm³/mol. The minimum Gasteiger partial charge on any atom is -0.495 e. The van der Waals surface area contributed by atoms with Crippen LogP contribution in [0.5, 0.6) is 5.75 Å². The van der Waals surface area contributed by atoms with Crippen LogP contribution in [0.2, 0.25) is 0 Å². The number of hydrogen-bond acceptors (Lipinski definition) is 9. The van der Waals surface area contributed by atoms with Gasteiger partial charge in [0.1, 0.15) is 23.3 Å². The molecule has 204 valence electrons. The highest BCUT2D eigenvalue weighted by Crippen LogP contribution is 2.33. The molecule has 4 rings (SSSR count). The fourth-order valence-corrected chi connectivity index (χ4v) is 5.58. The van der Waals surface area contributed by atoms with Gasteiger partial charge in [0.25, 0.3) is 0 Å². The number of benzene rings is 1. The van der Waals surface area contributed by atoms with Gasteiger partial charge < -0.3 is 9.47 Å². The molecule has 0 aliphatic carbocycles. The first-order chi connectivity index (χ1) is 18.7. The number of rotatable bonds is 11. The zero-order valence-corrected chi connectivity index (χ0v) is 23.5. The van der Waals surface area contributed by atoms with Gasteiger partial charge in [0.15, 0.2) is 27.3 Å². The quantitative estimate of drug-likeness (QED) is 0.252. The maximum atomic E-state index is 13.9. The lowest BCUT2D eigenvalue weighted by atomic mass is 10.1. The Morgan fingerprint density at radius 2 is 1.79 bits per heavy atom. The van der Waals surface area contributed by atoms with E-state index in [1.165, 1.54) is 0 Å². The molecule has 11 heteroatoms. The number of sulfone groups is 1. The van der Waals surface area contributed by atoms with E-state index in [-0.39, 0.29) is 18.3 Å². The van der Waals surface area contributed by atoms with Crippen molar-refractivity contribution >= 4 is 9.84 Å². The van der Waals surface area contributed by atoms with Crippen LogP contribution in [0, 0.1) is 20.8 Å². The number of aryl methyl sites for hydroxylation is 3. The van der Waals surface area contributed by atoms with Gasteiger partial charge in [-0.25, -0.2) is 18.4 Å². The Hall–Kier alpha value is -3.96. The maximum Gasteiger partial charge on any atom is 0.187 e. The average Bonchev–Trinajstić information content (AvgIpc) is 3.31. The molecular formula is C28H32N6O4S. The van der Waals surface area contributed by atoms with Crippen molar-refractivity contribution < 1.29 is 17.9 Å². The van der Waals surface area contributed by atoms with Gasteiger partial charge in [0, 0.05) is 18.6 Å². The summed E-state index contributed by atoms with van der Waals surface area (Å²) >= 11 is 0. The third-order valence-corrected chi connectivity index (χ3v) is 8.33. The summed E-state index contributed by atoms with van der Waals surface area (Å²) < 4.78 is 41.0. The van der Waals surface area contributed by atoms with Crippen LogP contribution >= 0.6 is 0 Å². The van der Waals surface area contributed by atoms with Crippen molar-refractivity contribution in [3.05, 3.63) is 89.9 Å². The molecule has 0 unspecified atom stereocenters. The zero-order chi connectivity index (χ0) is 28.2. The molecule has 0 spiro atoms. The number of para-hydroxylation sites is 1. The molecule has 2 atom stereocenters. The first-order valence-corrected chi connectivity index (χ1v) is 14.1. The van der Waals surface area contributed by atoms with Crippen LogP contribution < -0.4 is 4.74 Å². The molecule has 4 aromatic rings. The van der Waals surface area contributed by atoms with Crippen LogP contribution in [-0.2, 0) is 20.3 Å². The van der Waals surface area contributed by atoms with E-state index in [2.05, 4.69) is 31.7 Å². The van der Waals surface area contributed by atoms with E-state index in [4.69, 9.17) is 9.47 Å². The molecule has 0 radical (unpaired) electrons. The molecule has 3 heterocycles. The molecule has 1 aromatic carbocycles. The number of ether oxygens (including phenoxy) is 2. The van der Waals surface area contributed by atoms with Crippen molar-refractivity contribution in [3.63, 3.8) is 0 Å². The van der Waals surface area contributed by atoms with Gasteiger partial charge in [-0.05, 0) is 62.6 Å². The normalized spacial score (nSPS) is 13.2. The van der Waals surface area contributed by atoms with Crippen molar-refractivity contribution in [3.8, 4) is 23.0 Å². The first kappa shape index (κ1) is 28.1. The molecule has 0 saturated carbocycles. The molecule has 0 fully saturated rings. The second-order valence-electron chi connectivity index (χ2n) is 9.29. The highest BCUT2D eigenvalue weighted by Gasteiger charge is 2.35. The Morgan fingerprint density at radius 1 is 1.05 bits per heavy atom.